The van der Waals surface area contributed by atoms with Crippen molar-refractivity contribution in [3.63, 3.8) is 0 Å². The third-order valence-corrected chi connectivity index (χ3v) is 5.46. The molecule has 1 heterocycles. The van der Waals surface area contributed by atoms with E-state index >= 15 is 0 Å². The summed E-state index contributed by atoms with van der Waals surface area (Å²) in [6, 6.07) is 11.8. The number of sulfone groups is 1. The van der Waals surface area contributed by atoms with Crippen LogP contribution in [0.25, 0.3) is 0 Å². The van der Waals surface area contributed by atoms with Crippen LogP contribution < -0.4 is 0 Å². The number of nitrogens with zero attached hydrogens (tertiary/aromatic N) is 2. The van der Waals surface area contributed by atoms with Gasteiger partial charge >= 0.3 is 0 Å². The topological polar surface area (TPSA) is 76.6 Å². The molecule has 1 amide bonds. The lowest BCUT2D eigenvalue weighted by atomic mass is 10.2. The average molecular weight is 362 g/mol. The molecule has 0 unspecified atom stereocenters. The van der Waals surface area contributed by atoms with Crippen LogP contribution in [0, 0.1) is 0 Å². The van der Waals surface area contributed by atoms with Gasteiger partial charge in [0.15, 0.2) is 9.84 Å². The molecular formula is C18H22N2O4S. The molecule has 0 saturated carbocycles. The Bertz CT molecular complexity index is 764. The van der Waals surface area contributed by atoms with Gasteiger partial charge < -0.3 is 9.64 Å². The van der Waals surface area contributed by atoms with Crippen LogP contribution in [-0.4, -0.2) is 50.2 Å². The fourth-order valence-corrected chi connectivity index (χ4v) is 3.58. The molecular weight excluding hydrogens is 340 g/mol. The van der Waals surface area contributed by atoms with Gasteiger partial charge in [0.1, 0.15) is 0 Å². The molecule has 7 heteroatoms. The Hall–Kier alpha value is -2.25. The lowest BCUT2D eigenvalue weighted by Gasteiger charge is -2.22. The van der Waals surface area contributed by atoms with Gasteiger partial charge in [0.25, 0.3) is 0 Å². The highest BCUT2D eigenvalue weighted by Crippen LogP contribution is 2.13. The first-order valence-electron chi connectivity index (χ1n) is 7.96. The van der Waals surface area contributed by atoms with E-state index in [1.54, 1.807) is 54.7 Å². The van der Waals surface area contributed by atoms with E-state index in [4.69, 9.17) is 4.74 Å². The maximum atomic E-state index is 12.5. The highest BCUT2D eigenvalue weighted by Gasteiger charge is 2.19. The van der Waals surface area contributed by atoms with Gasteiger partial charge in [0.05, 0.1) is 17.3 Å². The molecule has 0 aliphatic carbocycles. The second-order valence-electron chi connectivity index (χ2n) is 5.55. The number of carbonyl (C=O) groups excluding carboxylic acids is 1. The van der Waals surface area contributed by atoms with Crippen molar-refractivity contribution in [1.29, 1.82) is 0 Å². The molecule has 1 aromatic carbocycles. The van der Waals surface area contributed by atoms with Gasteiger partial charge in [-0.2, -0.15) is 0 Å². The molecule has 2 aromatic rings. The number of aromatic nitrogens is 1. The molecule has 6 nitrogen and oxygen atoms in total. The summed E-state index contributed by atoms with van der Waals surface area (Å²) in [5.74, 6) is -0.427. The summed E-state index contributed by atoms with van der Waals surface area (Å²) in [6.45, 7) is 1.20. The smallest absolute Gasteiger partial charge is 0.223 e. The van der Waals surface area contributed by atoms with E-state index in [0.717, 1.165) is 5.56 Å². The van der Waals surface area contributed by atoms with Crippen LogP contribution in [0.2, 0.25) is 0 Å². The highest BCUT2D eigenvalue weighted by molar-refractivity contribution is 7.91. The number of amides is 1. The van der Waals surface area contributed by atoms with Gasteiger partial charge in [-0.3, -0.25) is 9.78 Å². The van der Waals surface area contributed by atoms with E-state index in [9.17, 15) is 13.2 Å². The second-order valence-corrected chi connectivity index (χ2v) is 7.65. The molecule has 134 valence electrons. The van der Waals surface area contributed by atoms with Gasteiger partial charge in [0.2, 0.25) is 5.91 Å². The van der Waals surface area contributed by atoms with Crippen molar-refractivity contribution in [2.24, 2.45) is 0 Å². The van der Waals surface area contributed by atoms with Crippen LogP contribution in [0.3, 0.4) is 0 Å². The summed E-state index contributed by atoms with van der Waals surface area (Å²) in [7, 11) is -1.91. The molecule has 0 aliphatic heterocycles. The lowest BCUT2D eigenvalue weighted by Crippen LogP contribution is -2.34. The first-order valence-corrected chi connectivity index (χ1v) is 9.61. The Labute approximate surface area is 148 Å². The molecule has 1 aromatic heterocycles. The summed E-state index contributed by atoms with van der Waals surface area (Å²) in [6.07, 6.45) is 3.26. The fraction of sp³-hybridized carbons (Fsp3) is 0.333. The predicted octanol–water partition coefficient (Wildman–Crippen LogP) is 1.92. The summed E-state index contributed by atoms with van der Waals surface area (Å²) in [5, 5.41) is 0. The van der Waals surface area contributed by atoms with E-state index in [1.165, 1.54) is 0 Å². The Balaban J connectivity index is 2.01. The summed E-state index contributed by atoms with van der Waals surface area (Å²) in [5.41, 5.74) is 0.936. The van der Waals surface area contributed by atoms with Gasteiger partial charge in [-0.1, -0.05) is 18.2 Å². The number of methoxy groups -OCH3 is 1. The number of pyridine rings is 1. The van der Waals surface area contributed by atoms with E-state index in [1.807, 2.05) is 12.1 Å². The SMILES string of the molecule is COCCN(Cc1ccncc1)C(=O)CCS(=O)(=O)c1ccccc1. The Kier molecular flexibility index (Phi) is 7.09. The van der Waals surface area contributed by atoms with E-state index in [-0.39, 0.29) is 23.0 Å². The monoisotopic (exact) mass is 362 g/mol. The average Bonchev–Trinajstić information content (AvgIpc) is 2.65. The van der Waals surface area contributed by atoms with E-state index in [0.29, 0.717) is 19.7 Å². The van der Waals surface area contributed by atoms with Crippen molar-refractivity contribution in [2.45, 2.75) is 17.9 Å². The van der Waals surface area contributed by atoms with Crippen molar-refractivity contribution in [3.8, 4) is 0 Å². The third-order valence-electron chi connectivity index (χ3n) is 3.73. The maximum Gasteiger partial charge on any atom is 0.223 e. The molecule has 0 fully saturated rings. The Morgan fingerprint density at radius 1 is 1.12 bits per heavy atom. The minimum atomic E-state index is -3.47. The minimum absolute atomic E-state index is 0.0635. The molecule has 0 bridgehead atoms. The first kappa shape index (κ1) is 19.1. The van der Waals surface area contributed by atoms with Crippen molar-refractivity contribution in [2.75, 3.05) is 26.0 Å². The minimum Gasteiger partial charge on any atom is -0.383 e. The number of hydrogen-bond acceptors (Lipinski definition) is 5. The molecule has 0 radical (unpaired) electrons. The van der Waals surface area contributed by atoms with Crippen molar-refractivity contribution >= 4 is 15.7 Å². The normalized spacial score (nSPS) is 11.2. The fourth-order valence-electron chi connectivity index (χ4n) is 2.33. The summed E-state index contributed by atoms with van der Waals surface area (Å²) < 4.78 is 29.7. The number of benzene rings is 1. The van der Waals surface area contributed by atoms with Crippen LogP contribution >= 0.6 is 0 Å². The quantitative estimate of drug-likeness (QED) is 0.681. The highest BCUT2D eigenvalue weighted by atomic mass is 32.2. The van der Waals surface area contributed by atoms with Crippen LogP contribution in [0.5, 0.6) is 0 Å². The first-order chi connectivity index (χ1) is 12.0. The van der Waals surface area contributed by atoms with E-state index in [2.05, 4.69) is 4.98 Å². The summed E-state index contributed by atoms with van der Waals surface area (Å²) >= 11 is 0. The van der Waals surface area contributed by atoms with Crippen LogP contribution in [0.15, 0.2) is 59.8 Å². The molecule has 0 spiro atoms. The number of ether oxygens (including phenoxy) is 1. The van der Waals surface area contributed by atoms with E-state index < -0.39 is 9.84 Å². The van der Waals surface area contributed by atoms with Crippen LogP contribution in [0.4, 0.5) is 0 Å². The molecule has 0 atom stereocenters. The zero-order valence-corrected chi connectivity index (χ0v) is 15.0. The molecule has 0 saturated heterocycles. The largest absolute Gasteiger partial charge is 0.383 e. The van der Waals surface area contributed by atoms with Gasteiger partial charge in [-0.25, -0.2) is 8.42 Å². The lowest BCUT2D eigenvalue weighted by molar-refractivity contribution is -0.132. The third kappa shape index (κ3) is 5.95. The zero-order valence-electron chi connectivity index (χ0n) is 14.2. The van der Waals surface area contributed by atoms with Gasteiger partial charge in [-0.15, -0.1) is 0 Å². The molecule has 2 rings (SSSR count). The molecule has 0 aliphatic rings. The summed E-state index contributed by atoms with van der Waals surface area (Å²) in [4.78, 5) is 18.3. The van der Waals surface area contributed by atoms with Crippen molar-refractivity contribution in [1.82, 2.24) is 9.88 Å². The zero-order chi connectivity index (χ0) is 18.1. The standard InChI is InChI=1S/C18H22N2O4S/c1-24-13-12-20(15-16-7-10-19-11-8-16)18(21)9-14-25(22,23)17-5-3-2-4-6-17/h2-8,10-11H,9,12-15H2,1H3. The second kappa shape index (κ2) is 9.29. The predicted molar refractivity (Wildman–Crippen MR) is 94.6 cm³/mol. The van der Waals surface area contributed by atoms with Gasteiger partial charge in [-0.05, 0) is 29.8 Å². The van der Waals surface area contributed by atoms with Crippen LogP contribution in [-0.2, 0) is 25.9 Å². The maximum absolute atomic E-state index is 12.5. The van der Waals surface area contributed by atoms with Crippen LogP contribution in [0.1, 0.15) is 12.0 Å². The Morgan fingerprint density at radius 3 is 2.44 bits per heavy atom. The van der Waals surface area contributed by atoms with Crippen molar-refractivity contribution in [3.05, 3.63) is 60.4 Å². The number of rotatable bonds is 9. The van der Waals surface area contributed by atoms with Gasteiger partial charge in [0, 0.05) is 39.0 Å². The number of carbonyl (C=O) groups is 1. The molecule has 0 N–H and O–H groups in total. The van der Waals surface area contributed by atoms with Crippen molar-refractivity contribution < 1.29 is 17.9 Å². The Morgan fingerprint density at radius 2 is 1.80 bits per heavy atom. The number of hydrogen-bond donors (Lipinski definition) is 0. The molecule has 25 heavy (non-hydrogen) atoms.